The zero-order valence-corrected chi connectivity index (χ0v) is 5.22. The Morgan fingerprint density at radius 3 is 3.11 bits per heavy atom. The lowest BCUT2D eigenvalue weighted by atomic mass is 10.6. The molecule has 1 aromatic rings. The van der Waals surface area contributed by atoms with E-state index in [-0.39, 0.29) is 0 Å². The summed E-state index contributed by atoms with van der Waals surface area (Å²) in [6.07, 6.45) is 3.25. The van der Waals surface area contributed by atoms with Crippen molar-refractivity contribution in [2.45, 2.75) is 0 Å². The minimum absolute atomic E-state index is 0.683. The van der Waals surface area contributed by atoms with E-state index in [4.69, 9.17) is 0 Å². The molecule has 1 N–H and O–H groups in total. The van der Waals surface area contributed by atoms with Crippen LogP contribution in [0.2, 0.25) is 0 Å². The highest BCUT2D eigenvalue weighted by Crippen LogP contribution is 2.26. The van der Waals surface area contributed by atoms with Crippen LogP contribution < -0.4 is 9.44 Å². The number of rotatable bonds is 0. The monoisotopic (exact) mass is 139 g/mol. The summed E-state index contributed by atoms with van der Waals surface area (Å²) in [5.41, 5.74) is 0. The minimum Gasteiger partial charge on any atom is -0.292 e. The van der Waals surface area contributed by atoms with E-state index in [0.29, 0.717) is 5.82 Å². The number of anilines is 1. The number of hydrogen-bond donors (Lipinski definition) is 1. The number of aromatic nitrogens is 2. The van der Waals surface area contributed by atoms with E-state index in [1.165, 1.54) is 12.1 Å². The summed E-state index contributed by atoms with van der Waals surface area (Å²) in [6.45, 7) is 0. The Kier molecular flexibility index (Phi) is 0.955. The Bertz CT molecular complexity index is 203. The molecule has 2 heterocycles. The van der Waals surface area contributed by atoms with Gasteiger partial charge in [-0.3, -0.25) is 4.72 Å². The van der Waals surface area contributed by atoms with Gasteiger partial charge in [-0.2, -0.15) is 4.72 Å². The van der Waals surface area contributed by atoms with Gasteiger partial charge in [-0.15, -0.1) is 0 Å². The van der Waals surface area contributed by atoms with Crippen LogP contribution in [0.1, 0.15) is 0 Å². The molecule has 0 aromatic carbocycles. The molecule has 0 spiro atoms. The van der Waals surface area contributed by atoms with Gasteiger partial charge < -0.3 is 0 Å². The van der Waals surface area contributed by atoms with Crippen LogP contribution in [0.5, 0.6) is 0 Å². The van der Waals surface area contributed by atoms with Crippen molar-refractivity contribution < 1.29 is 0 Å². The van der Waals surface area contributed by atoms with Crippen molar-refractivity contribution >= 4 is 23.8 Å². The summed E-state index contributed by atoms with van der Waals surface area (Å²) < 4.78 is 6.81. The van der Waals surface area contributed by atoms with E-state index < -0.39 is 0 Å². The average molecular weight is 139 g/mol. The van der Waals surface area contributed by atoms with Gasteiger partial charge in [-0.1, -0.05) is 0 Å². The van der Waals surface area contributed by atoms with Gasteiger partial charge in [-0.25, -0.2) is 9.97 Å². The van der Waals surface area contributed by atoms with E-state index in [1.807, 2.05) is 0 Å². The Morgan fingerprint density at radius 2 is 2.22 bits per heavy atom. The molecule has 5 heteroatoms. The van der Waals surface area contributed by atoms with Crippen molar-refractivity contribution in [1.29, 1.82) is 0 Å². The number of fused-ring (bicyclic) bond motifs is 1. The first-order chi connectivity index (χ1) is 4.47. The lowest BCUT2D eigenvalue weighted by Crippen LogP contribution is -1.82. The fourth-order valence-corrected chi connectivity index (χ4v) is 1.07. The van der Waals surface area contributed by atoms with Crippen LogP contribution in [0.25, 0.3) is 0 Å². The topological polar surface area (TPSA) is 51.9 Å². The Hall–Kier alpha value is -0.970. The molecule has 4 nitrogen and oxygen atoms in total. The summed E-state index contributed by atoms with van der Waals surface area (Å²) in [7, 11) is 0. The molecule has 2 rings (SSSR count). The first-order valence-corrected chi connectivity index (χ1v) is 3.18. The fourth-order valence-electron chi connectivity index (χ4n) is 0.579. The lowest BCUT2D eigenvalue weighted by molar-refractivity contribution is 1.17. The van der Waals surface area contributed by atoms with Crippen molar-refractivity contribution in [2.75, 3.05) is 4.72 Å². The SMILES string of the molecule is c1cnc2c(n1)[N]SN2. The third-order valence-electron chi connectivity index (χ3n) is 0.953. The first kappa shape index (κ1) is 4.87. The van der Waals surface area contributed by atoms with Crippen LogP contribution in [0.15, 0.2) is 12.4 Å². The largest absolute Gasteiger partial charge is 0.292 e. The second-order valence-electron chi connectivity index (χ2n) is 1.51. The van der Waals surface area contributed by atoms with Gasteiger partial charge in [0.15, 0.2) is 5.82 Å². The molecule has 0 unspecified atom stereocenters. The van der Waals surface area contributed by atoms with E-state index >= 15 is 0 Å². The fraction of sp³-hybridized carbons (Fsp3) is 0. The second-order valence-corrected chi connectivity index (χ2v) is 2.08. The van der Waals surface area contributed by atoms with Gasteiger partial charge in [0.05, 0.1) is 12.1 Å². The molecule has 1 aliphatic rings. The first-order valence-electron chi connectivity index (χ1n) is 2.41. The molecule has 0 amide bonds. The molecule has 0 saturated carbocycles. The summed E-state index contributed by atoms with van der Waals surface area (Å²) in [6, 6.07) is 0. The summed E-state index contributed by atoms with van der Waals surface area (Å²) >= 11 is 1.25. The maximum atomic E-state index is 3.97. The molecule has 0 saturated heterocycles. The minimum atomic E-state index is 0.683. The standard InChI is InChI=1S/C4H3N4S/c1-2-6-4-3(5-1)7-9-8-4/h1-2H,(H,5,7). The van der Waals surface area contributed by atoms with Crippen molar-refractivity contribution in [1.82, 2.24) is 14.7 Å². The van der Waals surface area contributed by atoms with E-state index in [0.717, 1.165) is 5.82 Å². The van der Waals surface area contributed by atoms with Gasteiger partial charge >= 0.3 is 0 Å². The molecule has 1 aliphatic heterocycles. The second kappa shape index (κ2) is 1.77. The maximum absolute atomic E-state index is 3.97. The number of nitrogens with zero attached hydrogens (tertiary/aromatic N) is 3. The smallest absolute Gasteiger partial charge is 0.205 e. The number of hydrogen-bond acceptors (Lipinski definition) is 4. The van der Waals surface area contributed by atoms with Crippen molar-refractivity contribution in [3.63, 3.8) is 0 Å². The number of nitrogens with one attached hydrogen (secondary N) is 1. The van der Waals surface area contributed by atoms with E-state index in [9.17, 15) is 0 Å². The molecule has 0 fully saturated rings. The van der Waals surface area contributed by atoms with Crippen molar-refractivity contribution in [2.24, 2.45) is 0 Å². The molecule has 0 bridgehead atoms. The molecular formula is C4H3N4S. The van der Waals surface area contributed by atoms with Crippen molar-refractivity contribution in [3.05, 3.63) is 12.4 Å². The molecule has 1 radical (unpaired) electrons. The van der Waals surface area contributed by atoms with Gasteiger partial charge in [0, 0.05) is 12.4 Å². The molecule has 9 heavy (non-hydrogen) atoms. The molecule has 0 aliphatic carbocycles. The van der Waals surface area contributed by atoms with Crippen LogP contribution >= 0.6 is 12.1 Å². The van der Waals surface area contributed by atoms with Gasteiger partial charge in [0.2, 0.25) is 5.82 Å². The zero-order chi connectivity index (χ0) is 6.10. The van der Waals surface area contributed by atoms with Crippen LogP contribution in [-0.2, 0) is 0 Å². The highest BCUT2D eigenvalue weighted by molar-refractivity contribution is 7.99. The predicted octanol–water partition coefficient (Wildman–Crippen LogP) is 0.701. The quantitative estimate of drug-likeness (QED) is 0.537. The zero-order valence-electron chi connectivity index (χ0n) is 4.40. The third kappa shape index (κ3) is 0.692. The van der Waals surface area contributed by atoms with Crippen LogP contribution in [0, 0.1) is 0 Å². The van der Waals surface area contributed by atoms with Crippen LogP contribution in [-0.4, -0.2) is 9.97 Å². The molecule has 45 valence electrons. The third-order valence-corrected chi connectivity index (χ3v) is 1.50. The van der Waals surface area contributed by atoms with Gasteiger partial charge in [0.1, 0.15) is 0 Å². The normalized spacial score (nSPS) is 13.8. The highest BCUT2D eigenvalue weighted by Gasteiger charge is 2.12. The van der Waals surface area contributed by atoms with E-state index in [2.05, 4.69) is 19.4 Å². The summed E-state index contributed by atoms with van der Waals surface area (Å²) in [5, 5.41) is 0. The van der Waals surface area contributed by atoms with Gasteiger partial charge in [-0.05, 0) is 0 Å². The molecular weight excluding hydrogens is 136 g/mol. The Morgan fingerprint density at radius 1 is 1.33 bits per heavy atom. The average Bonchev–Trinajstić information content (AvgIpc) is 2.33. The Labute approximate surface area is 56.4 Å². The van der Waals surface area contributed by atoms with Gasteiger partial charge in [0.25, 0.3) is 0 Å². The van der Waals surface area contributed by atoms with Crippen LogP contribution in [0.3, 0.4) is 0 Å². The van der Waals surface area contributed by atoms with Crippen molar-refractivity contribution in [3.8, 4) is 0 Å². The van der Waals surface area contributed by atoms with Crippen LogP contribution in [0.4, 0.5) is 11.6 Å². The highest BCUT2D eigenvalue weighted by atomic mass is 32.2. The summed E-state index contributed by atoms with van der Waals surface area (Å²) in [4.78, 5) is 7.92. The lowest BCUT2D eigenvalue weighted by Gasteiger charge is -1.88. The summed E-state index contributed by atoms with van der Waals surface area (Å²) in [5.74, 6) is 1.44. The van der Waals surface area contributed by atoms with E-state index in [1.54, 1.807) is 12.4 Å². The maximum Gasteiger partial charge on any atom is 0.205 e. The molecule has 0 atom stereocenters. The molecule has 1 aromatic heterocycles. The predicted molar refractivity (Wildman–Crippen MR) is 35.0 cm³/mol. The Balaban J connectivity index is 2.54.